The highest BCUT2D eigenvalue weighted by Crippen LogP contribution is 2.29. The van der Waals surface area contributed by atoms with Crippen LogP contribution in [0.3, 0.4) is 0 Å². The van der Waals surface area contributed by atoms with Crippen molar-refractivity contribution in [1.29, 1.82) is 0 Å². The summed E-state index contributed by atoms with van der Waals surface area (Å²) in [6.07, 6.45) is 9.44. The van der Waals surface area contributed by atoms with Gasteiger partial charge in [-0.2, -0.15) is 5.10 Å². The van der Waals surface area contributed by atoms with E-state index in [9.17, 15) is 4.79 Å². The number of aryl methyl sites for hydroxylation is 1. The van der Waals surface area contributed by atoms with Crippen molar-refractivity contribution in [2.24, 2.45) is 12.2 Å². The van der Waals surface area contributed by atoms with Gasteiger partial charge in [-0.05, 0) is 18.2 Å². The van der Waals surface area contributed by atoms with Gasteiger partial charge in [-0.25, -0.2) is 9.78 Å². The molecule has 2 amide bonds. The van der Waals surface area contributed by atoms with E-state index < -0.39 is 0 Å². The van der Waals surface area contributed by atoms with Crippen LogP contribution < -0.4 is 15.4 Å². The highest BCUT2D eigenvalue weighted by atomic mass is 16.7. The maximum absolute atomic E-state index is 12.2. The summed E-state index contributed by atoms with van der Waals surface area (Å²) in [5.74, 6) is 0.759. The van der Waals surface area contributed by atoms with E-state index in [0.29, 0.717) is 25.3 Å². The van der Waals surface area contributed by atoms with Crippen LogP contribution in [0.2, 0.25) is 0 Å². The van der Waals surface area contributed by atoms with E-state index in [0.717, 1.165) is 28.2 Å². The van der Waals surface area contributed by atoms with E-state index >= 15 is 0 Å². The molecule has 0 fully saturated rings. The lowest BCUT2D eigenvalue weighted by Crippen LogP contribution is -2.33. The molecule has 0 saturated heterocycles. The monoisotopic (exact) mass is 445 g/mol. The summed E-state index contributed by atoms with van der Waals surface area (Å²) in [5, 5.41) is 13.9. The van der Waals surface area contributed by atoms with Crippen LogP contribution in [-0.2, 0) is 11.9 Å². The molecule has 1 atom stereocenters. The first-order valence-electron chi connectivity index (χ1n) is 10.5. The lowest BCUT2D eigenvalue weighted by molar-refractivity contribution is 0.0472. The van der Waals surface area contributed by atoms with Crippen molar-refractivity contribution in [1.82, 2.24) is 24.5 Å². The zero-order valence-electron chi connectivity index (χ0n) is 18.0. The second kappa shape index (κ2) is 9.03. The summed E-state index contributed by atoms with van der Waals surface area (Å²) < 4.78 is 9.61. The van der Waals surface area contributed by atoms with Crippen molar-refractivity contribution in [2.45, 2.75) is 12.5 Å². The van der Waals surface area contributed by atoms with Crippen LogP contribution in [0.15, 0.2) is 72.5 Å². The summed E-state index contributed by atoms with van der Waals surface area (Å²) >= 11 is 0. The SMILES string of the molecule is Cn1cc(-c2ccccc2OCC2CC(CNC(=O)Nc3ccc4nccn4c3)=NO2)cn1. The number of amides is 2. The molecule has 0 aliphatic carbocycles. The van der Waals surface area contributed by atoms with Crippen LogP contribution in [0.5, 0.6) is 5.75 Å². The van der Waals surface area contributed by atoms with Gasteiger partial charge < -0.3 is 24.6 Å². The molecule has 4 heterocycles. The van der Waals surface area contributed by atoms with Crippen molar-refractivity contribution in [2.75, 3.05) is 18.5 Å². The van der Waals surface area contributed by atoms with E-state index in [-0.39, 0.29) is 12.1 Å². The van der Waals surface area contributed by atoms with Crippen LogP contribution in [-0.4, -0.2) is 50.2 Å². The maximum atomic E-state index is 12.2. The smallest absolute Gasteiger partial charge is 0.319 e. The Morgan fingerprint density at radius 1 is 1.24 bits per heavy atom. The molecule has 3 aromatic heterocycles. The minimum Gasteiger partial charge on any atom is -0.489 e. The van der Waals surface area contributed by atoms with Gasteiger partial charge in [0.15, 0.2) is 6.10 Å². The van der Waals surface area contributed by atoms with E-state index in [1.54, 1.807) is 29.3 Å². The van der Waals surface area contributed by atoms with Gasteiger partial charge in [-0.1, -0.05) is 23.4 Å². The van der Waals surface area contributed by atoms with Crippen LogP contribution >= 0.6 is 0 Å². The van der Waals surface area contributed by atoms with E-state index in [2.05, 4.69) is 25.9 Å². The molecule has 1 aromatic carbocycles. The molecule has 1 unspecified atom stereocenters. The number of pyridine rings is 1. The summed E-state index contributed by atoms with van der Waals surface area (Å²) in [6.45, 7) is 0.642. The number of carbonyl (C=O) groups is 1. The van der Waals surface area contributed by atoms with Crippen LogP contribution in [0.4, 0.5) is 10.5 Å². The third-order valence-corrected chi connectivity index (χ3v) is 5.22. The quantitative estimate of drug-likeness (QED) is 0.455. The maximum Gasteiger partial charge on any atom is 0.319 e. The van der Waals surface area contributed by atoms with Gasteiger partial charge in [-0.15, -0.1) is 0 Å². The zero-order valence-corrected chi connectivity index (χ0v) is 18.0. The predicted octanol–water partition coefficient (Wildman–Crippen LogP) is 3.08. The normalized spacial score (nSPS) is 15.2. The second-order valence-corrected chi connectivity index (χ2v) is 7.72. The molecule has 0 saturated carbocycles. The number of oxime groups is 1. The zero-order chi connectivity index (χ0) is 22.6. The summed E-state index contributed by atoms with van der Waals surface area (Å²) in [4.78, 5) is 21.9. The number of urea groups is 1. The number of fused-ring (bicyclic) bond motifs is 1. The first-order valence-corrected chi connectivity index (χ1v) is 10.5. The number of ether oxygens (including phenoxy) is 1. The molecule has 1 aliphatic rings. The minimum atomic E-state index is -0.317. The first kappa shape index (κ1) is 20.6. The van der Waals surface area contributed by atoms with Gasteiger partial charge in [0, 0.05) is 49.4 Å². The van der Waals surface area contributed by atoms with E-state index in [4.69, 9.17) is 9.57 Å². The Morgan fingerprint density at radius 3 is 3.03 bits per heavy atom. The van der Waals surface area contributed by atoms with Crippen LogP contribution in [0, 0.1) is 0 Å². The number of aromatic nitrogens is 4. The van der Waals surface area contributed by atoms with Gasteiger partial charge in [0.2, 0.25) is 0 Å². The number of nitrogens with one attached hydrogen (secondary N) is 2. The molecule has 10 nitrogen and oxygen atoms in total. The molecule has 4 aromatic rings. The highest BCUT2D eigenvalue weighted by Gasteiger charge is 2.22. The molecular formula is C23H23N7O3. The van der Waals surface area contributed by atoms with Gasteiger partial charge in [0.05, 0.1) is 24.1 Å². The molecule has 2 N–H and O–H groups in total. The van der Waals surface area contributed by atoms with Gasteiger partial charge in [-0.3, -0.25) is 4.68 Å². The Balaban J connectivity index is 1.09. The molecule has 0 spiro atoms. The Labute approximate surface area is 189 Å². The second-order valence-electron chi connectivity index (χ2n) is 7.72. The molecule has 0 bridgehead atoms. The number of anilines is 1. The molecule has 1 aliphatic heterocycles. The van der Waals surface area contributed by atoms with Crippen molar-refractivity contribution in [3.05, 3.63) is 67.4 Å². The Bertz CT molecular complexity index is 1310. The summed E-state index contributed by atoms with van der Waals surface area (Å²) in [5.41, 5.74) is 4.19. The van der Waals surface area contributed by atoms with Crippen LogP contribution in [0.25, 0.3) is 16.8 Å². The van der Waals surface area contributed by atoms with E-state index in [1.165, 1.54) is 0 Å². The molecule has 10 heteroatoms. The fourth-order valence-electron chi connectivity index (χ4n) is 3.61. The number of rotatable bonds is 7. The average Bonchev–Trinajstić information content (AvgIpc) is 3.57. The topological polar surface area (TPSA) is 107 Å². The molecule has 5 rings (SSSR count). The Kier molecular flexibility index (Phi) is 5.62. The number of hydrogen-bond acceptors (Lipinski definition) is 6. The molecular weight excluding hydrogens is 422 g/mol. The Morgan fingerprint density at radius 2 is 2.15 bits per heavy atom. The number of nitrogens with zero attached hydrogens (tertiary/aromatic N) is 5. The summed E-state index contributed by atoms with van der Waals surface area (Å²) in [7, 11) is 1.88. The number of hydrogen-bond donors (Lipinski definition) is 2. The van der Waals surface area contributed by atoms with Gasteiger partial charge in [0.1, 0.15) is 18.0 Å². The fourth-order valence-corrected chi connectivity index (χ4v) is 3.61. The van der Waals surface area contributed by atoms with E-state index in [1.807, 2.05) is 54.2 Å². The number of para-hydroxylation sites is 1. The first-order chi connectivity index (χ1) is 16.1. The average molecular weight is 445 g/mol. The fraction of sp³-hybridized carbons (Fsp3) is 0.217. The number of benzene rings is 1. The number of carbonyl (C=O) groups excluding carboxylic acids is 1. The lowest BCUT2D eigenvalue weighted by atomic mass is 10.1. The molecule has 33 heavy (non-hydrogen) atoms. The van der Waals surface area contributed by atoms with Crippen molar-refractivity contribution in [3.63, 3.8) is 0 Å². The standard InChI is InChI=1S/C23H23N7O3/c1-29-13-16(11-26-29)20-4-2-3-5-21(20)32-15-19-10-18(28-33-19)12-25-23(31)27-17-6-7-22-24-8-9-30(22)14-17/h2-9,11,13-14,19H,10,12,15H2,1H3,(H2,25,27,31). The lowest BCUT2D eigenvalue weighted by Gasteiger charge is -2.13. The number of imidazole rings is 1. The van der Waals surface area contributed by atoms with Gasteiger partial charge in [0.25, 0.3) is 0 Å². The summed E-state index contributed by atoms with van der Waals surface area (Å²) in [6, 6.07) is 11.1. The van der Waals surface area contributed by atoms with Gasteiger partial charge >= 0.3 is 6.03 Å². The van der Waals surface area contributed by atoms with Crippen molar-refractivity contribution < 1.29 is 14.4 Å². The van der Waals surface area contributed by atoms with Crippen molar-refractivity contribution >= 4 is 23.1 Å². The largest absolute Gasteiger partial charge is 0.489 e. The predicted molar refractivity (Wildman–Crippen MR) is 123 cm³/mol. The molecule has 0 radical (unpaired) electrons. The Hall–Kier alpha value is -4.34. The highest BCUT2D eigenvalue weighted by molar-refractivity contribution is 5.94. The van der Waals surface area contributed by atoms with Crippen LogP contribution in [0.1, 0.15) is 6.42 Å². The third-order valence-electron chi connectivity index (χ3n) is 5.22. The third kappa shape index (κ3) is 4.79. The molecule has 168 valence electrons. The van der Waals surface area contributed by atoms with Crippen molar-refractivity contribution in [3.8, 4) is 16.9 Å². The minimum absolute atomic E-state index is 0.213.